The third-order valence-electron chi connectivity index (χ3n) is 5.22. The second-order valence-electron chi connectivity index (χ2n) is 7.55. The SMILES string of the molecule is Cc1ccc(NC(=O)COC(=O)C2CCN(S(=O)(=O)c3cn(C)c(C)n3)CC2)c(Cl)c1. The molecule has 168 valence electrons. The summed E-state index contributed by atoms with van der Waals surface area (Å²) in [5.41, 5.74) is 1.40. The summed E-state index contributed by atoms with van der Waals surface area (Å²) in [6.07, 6.45) is 2.11. The maximum Gasteiger partial charge on any atom is 0.309 e. The molecule has 0 atom stereocenters. The van der Waals surface area contributed by atoms with Crippen LogP contribution >= 0.6 is 11.6 Å². The molecule has 3 rings (SSSR count). The number of hydrogen-bond acceptors (Lipinski definition) is 6. The predicted octanol–water partition coefficient (Wildman–Crippen LogP) is 2.27. The zero-order valence-electron chi connectivity index (χ0n) is 17.6. The van der Waals surface area contributed by atoms with Crippen LogP contribution in [0.3, 0.4) is 0 Å². The van der Waals surface area contributed by atoms with Crippen LogP contribution in [0.15, 0.2) is 29.4 Å². The number of amides is 1. The summed E-state index contributed by atoms with van der Waals surface area (Å²) in [6, 6.07) is 5.20. The van der Waals surface area contributed by atoms with Gasteiger partial charge in [-0.3, -0.25) is 9.59 Å². The lowest BCUT2D eigenvalue weighted by Crippen LogP contribution is -2.41. The van der Waals surface area contributed by atoms with E-state index in [-0.39, 0.29) is 18.1 Å². The summed E-state index contributed by atoms with van der Waals surface area (Å²) in [5, 5.41) is 3.00. The first-order valence-electron chi connectivity index (χ1n) is 9.80. The second-order valence-corrected chi connectivity index (χ2v) is 9.85. The number of aryl methyl sites for hydroxylation is 3. The Balaban J connectivity index is 1.49. The lowest BCUT2D eigenvalue weighted by molar-refractivity contribution is -0.152. The zero-order chi connectivity index (χ0) is 22.8. The Kier molecular flexibility index (Phi) is 7.03. The minimum atomic E-state index is -3.71. The molecule has 2 heterocycles. The first kappa shape index (κ1) is 23.2. The minimum absolute atomic E-state index is 0.0000332. The van der Waals surface area contributed by atoms with E-state index in [2.05, 4.69) is 10.3 Å². The minimum Gasteiger partial charge on any atom is -0.455 e. The number of esters is 1. The number of imidazole rings is 1. The van der Waals surface area contributed by atoms with Gasteiger partial charge in [-0.1, -0.05) is 17.7 Å². The van der Waals surface area contributed by atoms with Crippen LogP contribution in [0.1, 0.15) is 24.2 Å². The Morgan fingerprint density at radius 1 is 1.26 bits per heavy atom. The highest BCUT2D eigenvalue weighted by atomic mass is 35.5. The van der Waals surface area contributed by atoms with Gasteiger partial charge in [0.15, 0.2) is 11.6 Å². The van der Waals surface area contributed by atoms with Crippen molar-refractivity contribution < 1.29 is 22.7 Å². The van der Waals surface area contributed by atoms with Crippen LogP contribution in [-0.4, -0.2) is 53.8 Å². The molecule has 1 aliphatic heterocycles. The standard InChI is InChI=1S/C20H25ClN4O5S/c1-13-4-5-17(16(21)10-13)23-18(26)12-30-20(27)15-6-8-25(9-7-15)31(28,29)19-11-24(3)14(2)22-19/h4-5,10-11,15H,6-9,12H2,1-3H3,(H,23,26). The van der Waals surface area contributed by atoms with Gasteiger partial charge in [0.2, 0.25) is 0 Å². The smallest absolute Gasteiger partial charge is 0.309 e. The molecule has 1 amide bonds. The number of hydrogen-bond donors (Lipinski definition) is 1. The van der Waals surface area contributed by atoms with Crippen molar-refractivity contribution in [1.82, 2.24) is 13.9 Å². The topological polar surface area (TPSA) is 111 Å². The molecule has 1 N–H and O–H groups in total. The normalized spacial score (nSPS) is 15.6. The quantitative estimate of drug-likeness (QED) is 0.651. The first-order chi connectivity index (χ1) is 14.6. The summed E-state index contributed by atoms with van der Waals surface area (Å²) in [5.74, 6) is -0.879. The Hall–Kier alpha value is -2.43. The van der Waals surface area contributed by atoms with Crippen LogP contribution in [0.25, 0.3) is 0 Å². The van der Waals surface area contributed by atoms with E-state index in [4.69, 9.17) is 16.3 Å². The summed E-state index contributed by atoms with van der Waals surface area (Å²) in [6.45, 7) is 3.54. The maximum absolute atomic E-state index is 12.7. The highest BCUT2D eigenvalue weighted by Gasteiger charge is 2.34. The van der Waals surface area contributed by atoms with Crippen LogP contribution in [0, 0.1) is 19.8 Å². The molecule has 0 saturated carbocycles. The van der Waals surface area contributed by atoms with E-state index in [1.54, 1.807) is 30.7 Å². The van der Waals surface area contributed by atoms with E-state index in [1.165, 1.54) is 10.5 Å². The van der Waals surface area contributed by atoms with E-state index in [9.17, 15) is 18.0 Å². The largest absolute Gasteiger partial charge is 0.455 e. The van der Waals surface area contributed by atoms with Crippen molar-refractivity contribution in [3.63, 3.8) is 0 Å². The summed E-state index contributed by atoms with van der Waals surface area (Å²) in [7, 11) is -1.98. The Morgan fingerprint density at radius 3 is 2.52 bits per heavy atom. The predicted molar refractivity (Wildman–Crippen MR) is 115 cm³/mol. The van der Waals surface area contributed by atoms with Crippen molar-refractivity contribution in [1.29, 1.82) is 0 Å². The molecule has 0 radical (unpaired) electrons. The number of ether oxygens (including phenoxy) is 1. The average molecular weight is 469 g/mol. The highest BCUT2D eigenvalue weighted by Crippen LogP contribution is 2.25. The van der Waals surface area contributed by atoms with Gasteiger partial charge in [0, 0.05) is 26.3 Å². The van der Waals surface area contributed by atoms with Gasteiger partial charge in [0.25, 0.3) is 15.9 Å². The lowest BCUT2D eigenvalue weighted by atomic mass is 9.98. The number of carbonyl (C=O) groups excluding carboxylic acids is 2. The van der Waals surface area contributed by atoms with Crippen molar-refractivity contribution in [2.45, 2.75) is 31.7 Å². The Morgan fingerprint density at radius 2 is 1.94 bits per heavy atom. The highest BCUT2D eigenvalue weighted by molar-refractivity contribution is 7.89. The van der Waals surface area contributed by atoms with Gasteiger partial charge in [-0.15, -0.1) is 0 Å². The van der Waals surface area contributed by atoms with Crippen molar-refractivity contribution in [3.8, 4) is 0 Å². The molecule has 0 aliphatic carbocycles. The van der Waals surface area contributed by atoms with Crippen molar-refractivity contribution >= 4 is 39.2 Å². The average Bonchev–Trinajstić information content (AvgIpc) is 3.07. The van der Waals surface area contributed by atoms with Gasteiger partial charge in [-0.05, 0) is 44.4 Å². The third kappa shape index (κ3) is 5.44. The van der Waals surface area contributed by atoms with Crippen LogP contribution in [-0.2, 0) is 31.4 Å². The van der Waals surface area contributed by atoms with Gasteiger partial charge < -0.3 is 14.6 Å². The van der Waals surface area contributed by atoms with Gasteiger partial charge in [-0.25, -0.2) is 13.4 Å². The second kappa shape index (κ2) is 9.37. The van der Waals surface area contributed by atoms with Gasteiger partial charge in [-0.2, -0.15) is 4.31 Å². The number of nitrogens with one attached hydrogen (secondary N) is 1. The molecule has 0 bridgehead atoms. The van der Waals surface area contributed by atoms with E-state index < -0.39 is 34.4 Å². The maximum atomic E-state index is 12.7. The first-order valence-corrected chi connectivity index (χ1v) is 11.6. The third-order valence-corrected chi connectivity index (χ3v) is 7.31. The molecule has 11 heteroatoms. The van der Waals surface area contributed by atoms with Crippen LogP contribution in [0.4, 0.5) is 5.69 Å². The molecule has 1 aromatic carbocycles. The monoisotopic (exact) mass is 468 g/mol. The Labute approximate surface area is 186 Å². The molecular formula is C20H25ClN4O5S. The number of aromatic nitrogens is 2. The number of halogens is 1. The summed E-state index contributed by atoms with van der Waals surface area (Å²) in [4.78, 5) is 28.5. The summed E-state index contributed by atoms with van der Waals surface area (Å²) >= 11 is 6.08. The van der Waals surface area contributed by atoms with E-state index in [0.717, 1.165) is 5.56 Å². The van der Waals surface area contributed by atoms with Gasteiger partial charge in [0.05, 0.1) is 16.6 Å². The number of carbonyl (C=O) groups is 2. The number of anilines is 1. The number of benzene rings is 1. The molecular weight excluding hydrogens is 444 g/mol. The molecule has 0 unspecified atom stereocenters. The Bertz CT molecular complexity index is 1070. The molecule has 0 spiro atoms. The number of piperidine rings is 1. The number of sulfonamides is 1. The molecule has 31 heavy (non-hydrogen) atoms. The lowest BCUT2D eigenvalue weighted by Gasteiger charge is -2.29. The molecule has 1 saturated heterocycles. The number of nitrogens with zero attached hydrogens (tertiary/aromatic N) is 3. The van der Waals surface area contributed by atoms with Crippen LogP contribution < -0.4 is 5.32 Å². The van der Waals surface area contributed by atoms with Crippen molar-refractivity contribution in [2.24, 2.45) is 13.0 Å². The van der Waals surface area contributed by atoms with Crippen LogP contribution in [0.5, 0.6) is 0 Å². The fraction of sp³-hybridized carbons (Fsp3) is 0.450. The molecule has 1 aromatic heterocycles. The van der Waals surface area contributed by atoms with Gasteiger partial charge in [0.1, 0.15) is 5.82 Å². The number of rotatable bonds is 6. The van der Waals surface area contributed by atoms with Crippen molar-refractivity contribution in [2.75, 3.05) is 25.0 Å². The van der Waals surface area contributed by atoms with Gasteiger partial charge >= 0.3 is 5.97 Å². The molecule has 9 nitrogen and oxygen atoms in total. The molecule has 1 fully saturated rings. The molecule has 2 aromatic rings. The van der Waals surface area contributed by atoms with E-state index in [1.807, 2.05) is 13.0 Å². The van der Waals surface area contributed by atoms with E-state index in [0.29, 0.717) is 29.4 Å². The van der Waals surface area contributed by atoms with E-state index >= 15 is 0 Å². The zero-order valence-corrected chi connectivity index (χ0v) is 19.2. The fourth-order valence-electron chi connectivity index (χ4n) is 3.28. The van der Waals surface area contributed by atoms with Crippen molar-refractivity contribution in [3.05, 3.63) is 40.8 Å². The fourth-order valence-corrected chi connectivity index (χ4v) is 5.05. The van der Waals surface area contributed by atoms with Crippen LogP contribution in [0.2, 0.25) is 5.02 Å². The summed E-state index contributed by atoms with van der Waals surface area (Å²) < 4.78 is 33.6. The molecule has 1 aliphatic rings.